The van der Waals surface area contributed by atoms with Gasteiger partial charge >= 0.3 is 0 Å². The second kappa shape index (κ2) is 7.77. The molecule has 4 rings (SSSR count). The van der Waals surface area contributed by atoms with Gasteiger partial charge in [0.2, 0.25) is 5.91 Å². The molecule has 3 heterocycles. The standard InChI is InChI=1S/C18H24N4O3S.ClH/c1-13-12-19-8-11-22(13)18(23)14-6-9-21(10-7-14)17-15-4-2-3-5-16(15)26(24,25)20-17;/h2-5,13-14,19H,6-12H2,1H3;1H/t13-;/m0./s1. The van der Waals surface area contributed by atoms with E-state index in [1.54, 1.807) is 18.2 Å². The van der Waals surface area contributed by atoms with Gasteiger partial charge in [-0.3, -0.25) is 4.79 Å². The summed E-state index contributed by atoms with van der Waals surface area (Å²) in [6, 6.07) is 7.18. The quantitative estimate of drug-likeness (QED) is 0.746. The second-order valence-electron chi connectivity index (χ2n) is 7.23. The first-order valence-corrected chi connectivity index (χ1v) is 10.6. The Bertz CT molecular complexity index is 850. The van der Waals surface area contributed by atoms with Crippen LogP contribution in [-0.4, -0.2) is 68.7 Å². The van der Waals surface area contributed by atoms with Crippen LogP contribution in [0.15, 0.2) is 33.6 Å². The molecule has 0 unspecified atom stereocenters. The molecular weight excluding hydrogens is 388 g/mol. The van der Waals surface area contributed by atoms with Crippen molar-refractivity contribution >= 4 is 34.2 Å². The smallest absolute Gasteiger partial charge is 0.285 e. The van der Waals surface area contributed by atoms with Gasteiger partial charge in [-0.15, -0.1) is 16.8 Å². The molecule has 1 atom stereocenters. The van der Waals surface area contributed by atoms with Crippen molar-refractivity contribution in [2.24, 2.45) is 10.3 Å². The van der Waals surface area contributed by atoms with E-state index in [9.17, 15) is 13.2 Å². The zero-order chi connectivity index (χ0) is 18.3. The molecule has 9 heteroatoms. The SMILES string of the molecule is C[C@H]1CNCCN1C(=O)C1CCN(C2=NS(=O)(=O)c3ccccc32)CC1.Cl. The van der Waals surface area contributed by atoms with Gasteiger partial charge < -0.3 is 15.1 Å². The average molecular weight is 413 g/mol. The average Bonchev–Trinajstić information content (AvgIpc) is 2.93. The fraction of sp³-hybridized carbons (Fsp3) is 0.556. The molecule has 1 aromatic rings. The molecule has 0 aromatic heterocycles. The highest BCUT2D eigenvalue weighted by Crippen LogP contribution is 2.30. The minimum atomic E-state index is -3.59. The summed E-state index contributed by atoms with van der Waals surface area (Å²) in [5, 5.41) is 3.31. The Labute approximate surface area is 166 Å². The number of piperidine rings is 1. The van der Waals surface area contributed by atoms with Crippen molar-refractivity contribution < 1.29 is 13.2 Å². The highest BCUT2D eigenvalue weighted by atomic mass is 35.5. The Morgan fingerprint density at radius 1 is 1.19 bits per heavy atom. The second-order valence-corrected chi connectivity index (χ2v) is 8.80. The number of nitrogens with one attached hydrogen (secondary N) is 1. The Kier molecular flexibility index (Phi) is 5.79. The summed E-state index contributed by atoms with van der Waals surface area (Å²) in [7, 11) is -3.59. The first kappa shape index (κ1) is 20.1. The minimum Gasteiger partial charge on any atom is -0.355 e. The molecule has 1 aromatic carbocycles. The monoisotopic (exact) mass is 412 g/mol. The molecule has 1 amide bonds. The zero-order valence-corrected chi connectivity index (χ0v) is 16.9. The number of amides is 1. The van der Waals surface area contributed by atoms with Crippen LogP contribution in [0.25, 0.3) is 0 Å². The molecule has 0 radical (unpaired) electrons. The number of halogens is 1. The molecule has 1 N–H and O–H groups in total. The van der Waals surface area contributed by atoms with Crippen molar-refractivity contribution in [1.29, 1.82) is 0 Å². The first-order chi connectivity index (χ1) is 12.5. The number of rotatable bonds is 1. The summed E-state index contributed by atoms with van der Waals surface area (Å²) in [6.45, 7) is 5.84. The number of amidine groups is 1. The van der Waals surface area contributed by atoms with Crippen LogP contribution in [0, 0.1) is 5.92 Å². The third kappa shape index (κ3) is 3.70. The van der Waals surface area contributed by atoms with Crippen molar-refractivity contribution in [3.05, 3.63) is 29.8 Å². The van der Waals surface area contributed by atoms with E-state index in [4.69, 9.17) is 0 Å². The maximum Gasteiger partial charge on any atom is 0.285 e. The summed E-state index contributed by atoms with van der Waals surface area (Å²) < 4.78 is 28.5. The van der Waals surface area contributed by atoms with Crippen LogP contribution in [0.2, 0.25) is 0 Å². The van der Waals surface area contributed by atoms with Gasteiger partial charge in [-0.1, -0.05) is 12.1 Å². The van der Waals surface area contributed by atoms with Crippen LogP contribution in [0.1, 0.15) is 25.3 Å². The van der Waals surface area contributed by atoms with E-state index in [1.165, 1.54) is 0 Å². The molecule has 0 spiro atoms. The Hall–Kier alpha value is -1.64. The van der Waals surface area contributed by atoms with Crippen molar-refractivity contribution in [3.8, 4) is 0 Å². The van der Waals surface area contributed by atoms with Gasteiger partial charge in [0.05, 0.1) is 0 Å². The molecule has 3 aliphatic rings. The Morgan fingerprint density at radius 2 is 1.89 bits per heavy atom. The predicted octanol–water partition coefficient (Wildman–Crippen LogP) is 1.09. The molecule has 27 heavy (non-hydrogen) atoms. The number of hydrogen-bond donors (Lipinski definition) is 1. The lowest BCUT2D eigenvalue weighted by molar-refractivity contribution is -0.139. The van der Waals surface area contributed by atoms with Gasteiger partial charge in [0.15, 0.2) is 5.84 Å². The van der Waals surface area contributed by atoms with Crippen LogP contribution < -0.4 is 5.32 Å². The lowest BCUT2D eigenvalue weighted by Crippen LogP contribution is -2.55. The number of carbonyl (C=O) groups excluding carboxylic acids is 1. The van der Waals surface area contributed by atoms with Crippen LogP contribution >= 0.6 is 12.4 Å². The highest BCUT2D eigenvalue weighted by molar-refractivity contribution is 7.90. The zero-order valence-electron chi connectivity index (χ0n) is 15.3. The van der Waals surface area contributed by atoms with Crippen molar-refractivity contribution in [1.82, 2.24) is 15.1 Å². The molecule has 2 fully saturated rings. The number of likely N-dealkylation sites (tertiary alicyclic amines) is 1. The van der Waals surface area contributed by atoms with Crippen LogP contribution in [0.5, 0.6) is 0 Å². The van der Waals surface area contributed by atoms with Gasteiger partial charge in [0.1, 0.15) is 4.90 Å². The largest absolute Gasteiger partial charge is 0.355 e. The number of fused-ring (bicyclic) bond motifs is 1. The highest BCUT2D eigenvalue weighted by Gasteiger charge is 2.36. The third-order valence-corrected chi connectivity index (χ3v) is 6.87. The Balaban J connectivity index is 0.00000210. The number of sulfonamides is 1. The van der Waals surface area contributed by atoms with Crippen molar-refractivity contribution in [3.63, 3.8) is 0 Å². The maximum absolute atomic E-state index is 12.8. The van der Waals surface area contributed by atoms with E-state index in [-0.39, 0.29) is 35.2 Å². The van der Waals surface area contributed by atoms with E-state index in [0.29, 0.717) is 24.5 Å². The third-order valence-electron chi connectivity index (χ3n) is 5.54. The minimum absolute atomic E-state index is 0. The molecule has 3 aliphatic heterocycles. The number of hydrogen-bond acceptors (Lipinski definition) is 5. The molecule has 2 saturated heterocycles. The molecule has 0 bridgehead atoms. The van der Waals surface area contributed by atoms with Crippen molar-refractivity contribution in [2.75, 3.05) is 32.7 Å². The Morgan fingerprint density at radius 3 is 2.59 bits per heavy atom. The predicted molar refractivity (Wildman–Crippen MR) is 106 cm³/mol. The van der Waals surface area contributed by atoms with E-state index >= 15 is 0 Å². The van der Waals surface area contributed by atoms with Crippen LogP contribution in [0.3, 0.4) is 0 Å². The van der Waals surface area contributed by atoms with Gasteiger partial charge in [0, 0.05) is 50.2 Å². The molecule has 0 saturated carbocycles. The fourth-order valence-corrected chi connectivity index (χ4v) is 5.29. The normalized spacial score (nSPS) is 24.8. The topological polar surface area (TPSA) is 82.1 Å². The summed E-state index contributed by atoms with van der Waals surface area (Å²) >= 11 is 0. The summed E-state index contributed by atoms with van der Waals surface area (Å²) in [4.78, 5) is 17.1. The van der Waals surface area contributed by atoms with E-state index < -0.39 is 10.0 Å². The molecule has 7 nitrogen and oxygen atoms in total. The fourth-order valence-electron chi connectivity index (χ4n) is 4.06. The van der Waals surface area contributed by atoms with E-state index in [2.05, 4.69) is 16.6 Å². The number of carbonyl (C=O) groups is 1. The first-order valence-electron chi connectivity index (χ1n) is 9.18. The number of nitrogens with zero attached hydrogens (tertiary/aromatic N) is 3. The van der Waals surface area contributed by atoms with Gasteiger partial charge in [-0.25, -0.2) is 0 Å². The number of benzene rings is 1. The van der Waals surface area contributed by atoms with Gasteiger partial charge in [0.25, 0.3) is 10.0 Å². The van der Waals surface area contributed by atoms with Crippen molar-refractivity contribution in [2.45, 2.75) is 30.7 Å². The van der Waals surface area contributed by atoms with E-state index in [0.717, 1.165) is 32.5 Å². The molecular formula is C18H25ClN4O3S. The lowest BCUT2D eigenvalue weighted by atomic mass is 9.94. The molecule has 148 valence electrons. The lowest BCUT2D eigenvalue weighted by Gasteiger charge is -2.39. The summed E-state index contributed by atoms with van der Waals surface area (Å²) in [6.07, 6.45) is 1.47. The molecule has 0 aliphatic carbocycles. The summed E-state index contributed by atoms with van der Waals surface area (Å²) in [5.74, 6) is 0.780. The van der Waals surface area contributed by atoms with Gasteiger partial charge in [-0.05, 0) is 31.9 Å². The summed E-state index contributed by atoms with van der Waals surface area (Å²) in [5.41, 5.74) is 0.674. The maximum atomic E-state index is 12.8. The van der Waals surface area contributed by atoms with Crippen LogP contribution in [-0.2, 0) is 14.8 Å². The van der Waals surface area contributed by atoms with Crippen LogP contribution in [0.4, 0.5) is 0 Å². The van der Waals surface area contributed by atoms with E-state index in [1.807, 2.05) is 15.9 Å². The number of piperazine rings is 1. The van der Waals surface area contributed by atoms with Gasteiger partial charge in [-0.2, -0.15) is 8.42 Å².